The highest BCUT2D eigenvalue weighted by Crippen LogP contribution is 2.28. The number of likely N-dealkylation sites (tertiary alicyclic amines) is 1. The number of nitrogens with zero attached hydrogens (tertiary/aromatic N) is 1. The maximum absolute atomic E-state index is 11.5. The van der Waals surface area contributed by atoms with Crippen LogP contribution >= 0.6 is 0 Å². The molecule has 11 nitrogen and oxygen atoms in total. The zero-order chi connectivity index (χ0) is 38.2. The number of hydrogen-bond donors (Lipinski definition) is 7. The third-order valence-electron chi connectivity index (χ3n) is 12.0. The molecule has 0 bridgehead atoms. The largest absolute Gasteiger partial charge is 0.394 e. The fraction of sp³-hybridized carbons (Fsp3) is 1.00. The Morgan fingerprint density at radius 3 is 1.79 bits per heavy atom. The third kappa shape index (κ3) is 18.1. The van der Waals surface area contributed by atoms with Crippen molar-refractivity contribution in [1.29, 1.82) is 0 Å². The van der Waals surface area contributed by atoms with Crippen molar-refractivity contribution in [3.05, 3.63) is 0 Å². The Morgan fingerprint density at radius 1 is 0.698 bits per heavy atom. The summed E-state index contributed by atoms with van der Waals surface area (Å²) in [6, 6.07) is -0.691. The van der Waals surface area contributed by atoms with E-state index < -0.39 is 55.6 Å². The van der Waals surface area contributed by atoms with Crippen molar-refractivity contribution in [2.75, 3.05) is 46.1 Å². The Hall–Kier alpha value is -0.440. The zero-order valence-corrected chi connectivity index (χ0v) is 33.6. The van der Waals surface area contributed by atoms with Crippen molar-refractivity contribution in [3.8, 4) is 0 Å². The van der Waals surface area contributed by atoms with Crippen LogP contribution in [0.2, 0.25) is 0 Å². The lowest BCUT2D eigenvalue weighted by atomic mass is 9.87. The molecule has 3 heterocycles. The van der Waals surface area contributed by atoms with E-state index in [-0.39, 0.29) is 12.1 Å². The maximum Gasteiger partial charge on any atom is 0.186 e. The molecule has 7 N–H and O–H groups in total. The molecule has 3 saturated heterocycles. The SMILES string of the molecule is CCCCCCCCCCCCCC[C@@H](O)[C@@H](O)[C@H](COC1OC(CO)C(O)C(O)C1O)NC1(CCCCCCCCCCN2CCCCC2)COC1. The van der Waals surface area contributed by atoms with Gasteiger partial charge in [-0.15, -0.1) is 0 Å². The van der Waals surface area contributed by atoms with Crippen molar-refractivity contribution in [3.63, 3.8) is 0 Å². The molecule has 3 aliphatic heterocycles. The van der Waals surface area contributed by atoms with Gasteiger partial charge >= 0.3 is 0 Å². The number of aliphatic hydroxyl groups excluding tert-OH is 6. The van der Waals surface area contributed by atoms with Gasteiger partial charge in [0.05, 0.1) is 50.2 Å². The van der Waals surface area contributed by atoms with Crippen molar-refractivity contribution in [2.45, 2.75) is 222 Å². The average Bonchev–Trinajstić information content (AvgIpc) is 3.15. The fourth-order valence-electron chi connectivity index (χ4n) is 8.35. The van der Waals surface area contributed by atoms with Gasteiger partial charge in [-0.3, -0.25) is 5.32 Å². The number of rotatable bonds is 32. The van der Waals surface area contributed by atoms with Crippen LogP contribution in [0.25, 0.3) is 0 Å². The first kappa shape index (κ1) is 46.9. The van der Waals surface area contributed by atoms with Crippen LogP contribution in [0.4, 0.5) is 0 Å². The molecule has 3 fully saturated rings. The molecule has 3 aliphatic rings. The first-order chi connectivity index (χ1) is 25.8. The zero-order valence-electron chi connectivity index (χ0n) is 33.6. The van der Waals surface area contributed by atoms with Crippen LogP contribution in [0.3, 0.4) is 0 Å². The number of ether oxygens (including phenoxy) is 3. The minimum absolute atomic E-state index is 0.112. The summed E-state index contributed by atoms with van der Waals surface area (Å²) in [7, 11) is 0. The number of unbranched alkanes of at least 4 members (excludes halogenated alkanes) is 18. The summed E-state index contributed by atoms with van der Waals surface area (Å²) in [6.07, 6.45) is 20.9. The first-order valence-corrected chi connectivity index (χ1v) is 22.2. The minimum Gasteiger partial charge on any atom is -0.394 e. The number of aliphatic hydroxyl groups is 6. The van der Waals surface area contributed by atoms with E-state index >= 15 is 0 Å². The number of piperidine rings is 1. The van der Waals surface area contributed by atoms with Crippen LogP contribution in [-0.4, -0.2) is 136 Å². The second kappa shape index (κ2) is 28.0. The monoisotopic (exact) mass is 759 g/mol. The van der Waals surface area contributed by atoms with Crippen LogP contribution in [0.1, 0.15) is 167 Å². The molecule has 314 valence electrons. The summed E-state index contributed by atoms with van der Waals surface area (Å²) in [5, 5.41) is 66.8. The summed E-state index contributed by atoms with van der Waals surface area (Å²) in [4.78, 5) is 2.63. The molecule has 0 amide bonds. The van der Waals surface area contributed by atoms with Crippen molar-refractivity contribution < 1.29 is 44.8 Å². The smallest absolute Gasteiger partial charge is 0.186 e. The maximum atomic E-state index is 11.5. The van der Waals surface area contributed by atoms with Crippen LogP contribution in [0, 0.1) is 0 Å². The summed E-state index contributed by atoms with van der Waals surface area (Å²) >= 11 is 0. The molecule has 0 saturated carbocycles. The lowest BCUT2D eigenvalue weighted by Gasteiger charge is -2.46. The molecule has 0 radical (unpaired) electrons. The molecule has 8 atom stereocenters. The number of hydrogen-bond acceptors (Lipinski definition) is 11. The van der Waals surface area contributed by atoms with Crippen LogP contribution < -0.4 is 5.32 Å². The summed E-state index contributed by atoms with van der Waals surface area (Å²) in [5.74, 6) is 0. The lowest BCUT2D eigenvalue weighted by Crippen LogP contribution is -2.67. The standard InChI is InChI=1S/C42H82N2O9/c1-2-3-4-5-6-7-8-9-10-13-16-20-25-35(46)37(47)34(31-52-41-40(50)39(49)38(48)36(30-45)53-41)43-42(32-51-33-42)26-21-17-14-11-12-15-18-22-27-44-28-23-19-24-29-44/h34-41,43,45-50H,2-33H2,1H3/t34-,35+,36?,37-,38?,39?,40?,41?/m0/s1. The van der Waals surface area contributed by atoms with E-state index in [1.165, 1.54) is 135 Å². The molecular formula is C42H82N2O9. The highest BCUT2D eigenvalue weighted by molar-refractivity contribution is 4.99. The van der Waals surface area contributed by atoms with Gasteiger partial charge < -0.3 is 49.7 Å². The molecule has 53 heavy (non-hydrogen) atoms. The highest BCUT2D eigenvalue weighted by atomic mass is 16.7. The Labute approximate surface area is 322 Å². The Kier molecular flexibility index (Phi) is 24.8. The van der Waals surface area contributed by atoms with Crippen LogP contribution in [0.15, 0.2) is 0 Å². The van der Waals surface area contributed by atoms with Gasteiger partial charge in [-0.1, -0.05) is 135 Å². The predicted octanol–water partition coefficient (Wildman–Crippen LogP) is 5.34. The van der Waals surface area contributed by atoms with E-state index in [0.717, 1.165) is 38.5 Å². The van der Waals surface area contributed by atoms with Gasteiger partial charge in [-0.05, 0) is 51.7 Å². The Balaban J connectivity index is 1.40. The van der Waals surface area contributed by atoms with Crippen LogP contribution in [0.5, 0.6) is 0 Å². The quantitative estimate of drug-likeness (QED) is 0.0444. The fourth-order valence-corrected chi connectivity index (χ4v) is 8.35. The highest BCUT2D eigenvalue weighted by Gasteiger charge is 2.46. The van der Waals surface area contributed by atoms with Gasteiger partial charge in [0.2, 0.25) is 0 Å². The van der Waals surface area contributed by atoms with Crippen molar-refractivity contribution in [2.24, 2.45) is 0 Å². The lowest BCUT2D eigenvalue weighted by molar-refractivity contribution is -0.303. The predicted molar refractivity (Wildman–Crippen MR) is 210 cm³/mol. The summed E-state index contributed by atoms with van der Waals surface area (Å²) in [5.41, 5.74) is -0.353. The van der Waals surface area contributed by atoms with E-state index in [9.17, 15) is 30.6 Å². The Morgan fingerprint density at radius 2 is 1.25 bits per heavy atom. The van der Waals surface area contributed by atoms with E-state index in [2.05, 4.69) is 17.1 Å². The van der Waals surface area contributed by atoms with Crippen molar-refractivity contribution in [1.82, 2.24) is 10.2 Å². The second-order valence-electron chi connectivity index (χ2n) is 16.8. The molecule has 0 aromatic rings. The molecular weight excluding hydrogens is 676 g/mol. The van der Waals surface area contributed by atoms with E-state index in [0.29, 0.717) is 19.6 Å². The van der Waals surface area contributed by atoms with E-state index in [1.54, 1.807) is 0 Å². The number of nitrogens with one attached hydrogen (secondary N) is 1. The van der Waals surface area contributed by atoms with Crippen LogP contribution in [-0.2, 0) is 14.2 Å². The topological polar surface area (TPSA) is 164 Å². The summed E-state index contributed by atoms with van der Waals surface area (Å²) < 4.78 is 17.1. The molecule has 0 spiro atoms. The first-order valence-electron chi connectivity index (χ1n) is 22.2. The van der Waals surface area contributed by atoms with E-state index in [4.69, 9.17) is 14.2 Å². The normalized spacial score (nSPS) is 26.7. The molecule has 0 aliphatic carbocycles. The van der Waals surface area contributed by atoms with E-state index in [1.807, 2.05) is 0 Å². The second-order valence-corrected chi connectivity index (χ2v) is 16.8. The average molecular weight is 759 g/mol. The Bertz CT molecular complexity index is 876. The molecule has 3 rings (SSSR count). The van der Waals surface area contributed by atoms with Gasteiger partial charge in [0.25, 0.3) is 0 Å². The molecule has 0 aromatic carbocycles. The minimum atomic E-state index is -1.55. The van der Waals surface area contributed by atoms with Crippen molar-refractivity contribution >= 4 is 0 Å². The third-order valence-corrected chi connectivity index (χ3v) is 12.0. The molecule has 11 heteroatoms. The molecule has 0 aromatic heterocycles. The van der Waals surface area contributed by atoms with Gasteiger partial charge in [0, 0.05) is 0 Å². The van der Waals surface area contributed by atoms with Gasteiger partial charge in [-0.2, -0.15) is 0 Å². The van der Waals surface area contributed by atoms with Gasteiger partial charge in [0.15, 0.2) is 6.29 Å². The van der Waals surface area contributed by atoms with Gasteiger partial charge in [0.1, 0.15) is 24.4 Å². The molecule has 5 unspecified atom stereocenters. The van der Waals surface area contributed by atoms with Gasteiger partial charge in [-0.25, -0.2) is 0 Å². The summed E-state index contributed by atoms with van der Waals surface area (Å²) in [6.45, 7) is 6.42.